The molecular weight excluding hydrogens is 358 g/mol. The van der Waals surface area contributed by atoms with E-state index in [4.69, 9.17) is 0 Å². The van der Waals surface area contributed by atoms with E-state index in [0.29, 0.717) is 13.0 Å². The molecule has 2 aromatic heterocycles. The molecule has 0 bridgehead atoms. The molecule has 5 nitrogen and oxygen atoms in total. The van der Waals surface area contributed by atoms with Gasteiger partial charge in [-0.3, -0.25) is 14.6 Å². The molecule has 138 valence electrons. The summed E-state index contributed by atoms with van der Waals surface area (Å²) < 4.78 is 0. The van der Waals surface area contributed by atoms with Crippen molar-refractivity contribution in [2.24, 2.45) is 0 Å². The molecule has 0 spiro atoms. The number of fused-ring (bicyclic) bond motifs is 4. The number of nitrogens with one attached hydrogen (secondary N) is 1. The topological polar surface area (TPSA) is 56.4 Å². The number of nitrogens with zero attached hydrogens (tertiary/aromatic N) is 2. The highest BCUT2D eigenvalue weighted by Gasteiger charge is 2.52. The number of aromatic nitrogens is 1. The number of H-pyrrole nitrogens is 1. The van der Waals surface area contributed by atoms with Crippen LogP contribution in [0.3, 0.4) is 0 Å². The van der Waals surface area contributed by atoms with E-state index in [1.165, 1.54) is 10.5 Å². The molecular formula is C21H21N3O2S. The molecule has 0 aliphatic carbocycles. The van der Waals surface area contributed by atoms with E-state index in [9.17, 15) is 9.59 Å². The van der Waals surface area contributed by atoms with Crippen LogP contribution in [0, 0.1) is 0 Å². The third-order valence-corrected chi connectivity index (χ3v) is 6.43. The zero-order chi connectivity index (χ0) is 18.5. The van der Waals surface area contributed by atoms with Crippen LogP contribution in [-0.2, 0) is 11.2 Å². The number of para-hydroxylation sites is 1. The molecule has 0 saturated carbocycles. The van der Waals surface area contributed by atoms with Gasteiger partial charge in [0.05, 0.1) is 0 Å². The zero-order valence-electron chi connectivity index (χ0n) is 15.1. The van der Waals surface area contributed by atoms with Gasteiger partial charge in [-0.15, -0.1) is 0 Å². The third-order valence-electron chi connectivity index (χ3n) is 5.73. The molecule has 2 atom stereocenters. The number of carbonyl (C=O) groups is 2. The second kappa shape index (κ2) is 6.23. The molecule has 5 rings (SSSR count). The molecule has 1 saturated heterocycles. The molecule has 2 aliphatic heterocycles. The van der Waals surface area contributed by atoms with Crippen molar-refractivity contribution in [2.75, 3.05) is 6.54 Å². The maximum atomic E-state index is 13.2. The lowest BCUT2D eigenvalue weighted by atomic mass is 9.90. The molecule has 2 aliphatic rings. The van der Waals surface area contributed by atoms with E-state index in [1.807, 2.05) is 17.5 Å². The highest BCUT2D eigenvalue weighted by atomic mass is 32.1. The minimum Gasteiger partial charge on any atom is -0.356 e. The molecule has 6 heteroatoms. The first-order valence-electron chi connectivity index (χ1n) is 9.46. The predicted octanol–water partition coefficient (Wildman–Crippen LogP) is 4.31. The van der Waals surface area contributed by atoms with Crippen LogP contribution in [0.1, 0.15) is 42.6 Å². The summed E-state index contributed by atoms with van der Waals surface area (Å²) in [4.78, 5) is 33.1. The molecule has 27 heavy (non-hydrogen) atoms. The number of rotatable bonds is 4. The summed E-state index contributed by atoms with van der Waals surface area (Å²) in [5.74, 6) is -0.0513. The van der Waals surface area contributed by atoms with Crippen LogP contribution in [0.25, 0.3) is 10.9 Å². The Labute approximate surface area is 161 Å². The summed E-state index contributed by atoms with van der Waals surface area (Å²) in [6.07, 6.45) is 2.38. The van der Waals surface area contributed by atoms with Crippen molar-refractivity contribution in [3.05, 3.63) is 57.9 Å². The fourth-order valence-corrected chi connectivity index (χ4v) is 5.11. The quantitative estimate of drug-likeness (QED) is 0.687. The molecule has 1 N–H and O–H groups in total. The Kier molecular flexibility index (Phi) is 3.82. The van der Waals surface area contributed by atoms with Crippen molar-refractivity contribution in [3.63, 3.8) is 0 Å². The fourth-order valence-electron chi connectivity index (χ4n) is 4.43. The second-order valence-electron chi connectivity index (χ2n) is 7.28. The minimum absolute atomic E-state index is 0.0513. The van der Waals surface area contributed by atoms with Crippen LogP contribution >= 0.6 is 11.3 Å². The van der Waals surface area contributed by atoms with Gasteiger partial charge < -0.3 is 4.98 Å². The summed E-state index contributed by atoms with van der Waals surface area (Å²) in [6.45, 7) is 2.58. The first-order valence-corrected chi connectivity index (χ1v) is 10.4. The van der Waals surface area contributed by atoms with Crippen molar-refractivity contribution < 1.29 is 9.59 Å². The predicted molar refractivity (Wildman–Crippen MR) is 106 cm³/mol. The van der Waals surface area contributed by atoms with E-state index in [2.05, 4.69) is 35.5 Å². The maximum Gasteiger partial charge on any atom is 0.328 e. The highest BCUT2D eigenvalue weighted by molar-refractivity contribution is 7.08. The SMILES string of the molecule is CCCCN1C(=O)[C@H]2Cc3c([nH]c4ccccc34)[C@H](c3ccsc3)N2C1=O. The Morgan fingerprint density at radius 2 is 2.07 bits per heavy atom. The van der Waals surface area contributed by atoms with Gasteiger partial charge in [0.25, 0.3) is 5.91 Å². The first-order chi connectivity index (χ1) is 13.2. The van der Waals surface area contributed by atoms with Gasteiger partial charge in [-0.2, -0.15) is 11.3 Å². The molecule has 1 aromatic carbocycles. The largest absolute Gasteiger partial charge is 0.356 e. The van der Waals surface area contributed by atoms with Gasteiger partial charge in [-0.25, -0.2) is 4.79 Å². The van der Waals surface area contributed by atoms with Gasteiger partial charge in [0.15, 0.2) is 0 Å². The van der Waals surface area contributed by atoms with Crippen molar-refractivity contribution in [3.8, 4) is 0 Å². The molecule has 0 unspecified atom stereocenters. The number of hydrogen-bond donors (Lipinski definition) is 1. The van der Waals surface area contributed by atoms with Crippen LogP contribution in [0.4, 0.5) is 4.79 Å². The molecule has 1 fully saturated rings. The van der Waals surface area contributed by atoms with Gasteiger partial charge >= 0.3 is 6.03 Å². The summed E-state index contributed by atoms with van der Waals surface area (Å²) in [6, 6.07) is 9.44. The van der Waals surface area contributed by atoms with E-state index in [0.717, 1.165) is 35.0 Å². The lowest BCUT2D eigenvalue weighted by molar-refractivity contribution is -0.128. The second-order valence-corrected chi connectivity index (χ2v) is 8.06. The van der Waals surface area contributed by atoms with E-state index < -0.39 is 6.04 Å². The minimum atomic E-state index is -0.411. The van der Waals surface area contributed by atoms with Crippen LogP contribution < -0.4 is 0 Å². The summed E-state index contributed by atoms with van der Waals surface area (Å²) in [7, 11) is 0. The molecule has 3 amide bonds. The maximum absolute atomic E-state index is 13.2. The average Bonchev–Trinajstić information content (AvgIpc) is 3.38. The van der Waals surface area contributed by atoms with Crippen molar-refractivity contribution >= 4 is 34.2 Å². The van der Waals surface area contributed by atoms with Gasteiger partial charge in [-0.05, 0) is 40.4 Å². The Morgan fingerprint density at radius 1 is 1.22 bits per heavy atom. The number of carbonyl (C=O) groups excluding carboxylic acids is 2. The number of urea groups is 1. The Hall–Kier alpha value is -2.60. The average molecular weight is 379 g/mol. The number of unbranched alkanes of at least 4 members (excludes halogenated alkanes) is 1. The van der Waals surface area contributed by atoms with Crippen LogP contribution in [0.2, 0.25) is 0 Å². The lowest BCUT2D eigenvalue weighted by Crippen LogP contribution is -2.43. The van der Waals surface area contributed by atoms with E-state index in [1.54, 1.807) is 16.2 Å². The van der Waals surface area contributed by atoms with Crippen molar-refractivity contribution in [2.45, 2.75) is 38.3 Å². The number of benzene rings is 1. The number of aromatic amines is 1. The van der Waals surface area contributed by atoms with Crippen molar-refractivity contribution in [1.82, 2.24) is 14.8 Å². The number of hydrogen-bond acceptors (Lipinski definition) is 3. The summed E-state index contributed by atoms with van der Waals surface area (Å²) >= 11 is 1.62. The van der Waals surface area contributed by atoms with E-state index >= 15 is 0 Å². The third kappa shape index (κ3) is 2.36. The Bertz CT molecular complexity index is 1020. The number of thiophene rings is 1. The normalized spacial score (nSPS) is 21.8. The lowest BCUT2D eigenvalue weighted by Gasteiger charge is -2.35. The Balaban J connectivity index is 1.67. The molecule has 4 heterocycles. The smallest absolute Gasteiger partial charge is 0.328 e. The summed E-state index contributed by atoms with van der Waals surface area (Å²) in [5, 5.41) is 5.26. The fraction of sp³-hybridized carbons (Fsp3) is 0.333. The number of imide groups is 1. The van der Waals surface area contributed by atoms with E-state index in [-0.39, 0.29) is 18.0 Å². The van der Waals surface area contributed by atoms with Crippen molar-refractivity contribution in [1.29, 1.82) is 0 Å². The first kappa shape index (κ1) is 16.6. The standard InChI is InChI=1S/C21H21N3O2S/c1-2-3-9-23-20(25)17-11-15-14-6-4-5-7-16(14)22-18(15)19(24(17)21(23)26)13-8-10-27-12-13/h4-8,10,12,17,19,22H,2-3,9,11H2,1H3/t17-,19+/m1/s1. The van der Waals surface area contributed by atoms with Crippen LogP contribution in [0.5, 0.6) is 0 Å². The van der Waals surface area contributed by atoms with Gasteiger partial charge in [0, 0.05) is 29.6 Å². The Morgan fingerprint density at radius 3 is 2.85 bits per heavy atom. The van der Waals surface area contributed by atoms with Crippen LogP contribution in [-0.4, -0.2) is 39.3 Å². The molecule has 0 radical (unpaired) electrons. The monoisotopic (exact) mass is 379 g/mol. The van der Waals surface area contributed by atoms with Gasteiger partial charge in [0.2, 0.25) is 0 Å². The van der Waals surface area contributed by atoms with Gasteiger partial charge in [-0.1, -0.05) is 31.5 Å². The summed E-state index contributed by atoms with van der Waals surface area (Å²) in [5.41, 5.74) is 4.34. The van der Waals surface area contributed by atoms with Crippen LogP contribution in [0.15, 0.2) is 41.1 Å². The zero-order valence-corrected chi connectivity index (χ0v) is 16.0. The number of amides is 3. The molecule has 3 aromatic rings. The highest BCUT2D eigenvalue weighted by Crippen LogP contribution is 2.44. The van der Waals surface area contributed by atoms with Gasteiger partial charge in [0.1, 0.15) is 12.1 Å².